The van der Waals surface area contributed by atoms with Gasteiger partial charge >= 0.3 is 5.97 Å². The molecule has 156 valence electrons. The van der Waals surface area contributed by atoms with Crippen molar-refractivity contribution in [1.82, 2.24) is 19.7 Å². The van der Waals surface area contributed by atoms with E-state index in [4.69, 9.17) is 11.6 Å². The zero-order chi connectivity index (χ0) is 22.1. The van der Waals surface area contributed by atoms with Gasteiger partial charge in [-0.3, -0.25) is 4.68 Å². The molecule has 0 fully saturated rings. The second kappa shape index (κ2) is 8.41. The number of nitrogens with one attached hydrogen (secondary N) is 1. The molecular formula is C21H15ClFN5O2S. The third-order valence-electron chi connectivity index (χ3n) is 4.44. The van der Waals surface area contributed by atoms with Crippen LogP contribution in [0.1, 0.15) is 23.1 Å². The van der Waals surface area contributed by atoms with Crippen molar-refractivity contribution >= 4 is 40.2 Å². The topological polar surface area (TPSA) is 108 Å². The second-order valence-electron chi connectivity index (χ2n) is 6.79. The molecular weight excluding hydrogens is 441 g/mol. The van der Waals surface area contributed by atoms with Crippen molar-refractivity contribution in [3.8, 4) is 17.3 Å². The van der Waals surface area contributed by atoms with E-state index in [0.29, 0.717) is 21.3 Å². The molecule has 1 aromatic carbocycles. The Hall–Kier alpha value is -3.35. The molecule has 7 nitrogen and oxygen atoms in total. The molecule has 4 rings (SSSR count). The number of nitrogens with zero attached hydrogens (tertiary/aromatic N) is 4. The van der Waals surface area contributed by atoms with Crippen LogP contribution in [0.5, 0.6) is 0 Å². The molecule has 0 aliphatic heterocycles. The summed E-state index contributed by atoms with van der Waals surface area (Å²) in [4.78, 5) is 19.5. The van der Waals surface area contributed by atoms with E-state index in [9.17, 15) is 19.6 Å². The number of pyridine rings is 1. The average molecular weight is 456 g/mol. The van der Waals surface area contributed by atoms with Crippen molar-refractivity contribution in [2.45, 2.75) is 29.6 Å². The van der Waals surface area contributed by atoms with E-state index >= 15 is 0 Å². The maximum Gasteiger partial charge on any atom is 0.354 e. The number of halogens is 2. The van der Waals surface area contributed by atoms with Crippen LogP contribution in [-0.4, -0.2) is 37.0 Å². The lowest BCUT2D eigenvalue weighted by Gasteiger charge is -2.05. The zero-order valence-electron chi connectivity index (χ0n) is 16.1. The number of carboxylic acid groups (broad SMARTS) is 1. The van der Waals surface area contributed by atoms with E-state index < -0.39 is 12.1 Å². The van der Waals surface area contributed by atoms with E-state index in [1.807, 2.05) is 6.07 Å². The van der Waals surface area contributed by atoms with Crippen molar-refractivity contribution in [1.29, 1.82) is 5.26 Å². The minimum absolute atomic E-state index is 0.0193. The maximum absolute atomic E-state index is 13.5. The van der Waals surface area contributed by atoms with Gasteiger partial charge in [-0.2, -0.15) is 10.4 Å². The monoisotopic (exact) mass is 455 g/mol. The van der Waals surface area contributed by atoms with Crippen LogP contribution in [0.15, 0.2) is 52.5 Å². The Bertz CT molecular complexity index is 1340. The zero-order valence-corrected chi connectivity index (χ0v) is 17.7. The molecule has 0 amide bonds. The summed E-state index contributed by atoms with van der Waals surface area (Å²) in [6.07, 6.45) is 0.490. The fraction of sp³-hybridized carbons (Fsp3) is 0.143. The van der Waals surface area contributed by atoms with Gasteiger partial charge in [-0.1, -0.05) is 35.5 Å². The number of aromatic carboxylic acids is 1. The molecule has 0 saturated carbocycles. The van der Waals surface area contributed by atoms with Gasteiger partial charge in [0.2, 0.25) is 0 Å². The number of H-pyrrole nitrogens is 1. The van der Waals surface area contributed by atoms with Crippen LogP contribution < -0.4 is 0 Å². The first-order valence-corrected chi connectivity index (χ1v) is 10.4. The minimum atomic E-state index is -1.13. The molecule has 0 aliphatic rings. The number of rotatable bonds is 6. The van der Waals surface area contributed by atoms with Crippen LogP contribution in [0.4, 0.5) is 4.39 Å². The van der Waals surface area contributed by atoms with Crippen LogP contribution in [0.2, 0.25) is 5.02 Å². The van der Waals surface area contributed by atoms with Crippen molar-refractivity contribution in [2.75, 3.05) is 0 Å². The highest BCUT2D eigenvalue weighted by Gasteiger charge is 2.21. The van der Waals surface area contributed by atoms with Gasteiger partial charge in [0.25, 0.3) is 0 Å². The highest BCUT2D eigenvalue weighted by molar-refractivity contribution is 7.99. The van der Waals surface area contributed by atoms with Gasteiger partial charge in [-0.05, 0) is 31.2 Å². The SMILES string of the molecule is CC(F)Cn1cc(-c2[nH]c3cc(Cl)ccc3c2Sc2cccc(C(=O)O)n2)c(C#N)n1. The van der Waals surface area contributed by atoms with Crippen LogP contribution in [0.3, 0.4) is 0 Å². The number of nitriles is 1. The molecule has 31 heavy (non-hydrogen) atoms. The highest BCUT2D eigenvalue weighted by Crippen LogP contribution is 2.42. The minimum Gasteiger partial charge on any atom is -0.477 e. The van der Waals surface area contributed by atoms with Gasteiger partial charge in [-0.25, -0.2) is 14.2 Å². The van der Waals surface area contributed by atoms with E-state index in [0.717, 1.165) is 15.8 Å². The van der Waals surface area contributed by atoms with Crippen LogP contribution in [0.25, 0.3) is 22.2 Å². The fourth-order valence-corrected chi connectivity index (χ4v) is 4.40. The van der Waals surface area contributed by atoms with Gasteiger partial charge in [0.1, 0.15) is 23.0 Å². The Balaban J connectivity index is 1.89. The number of hydrogen-bond acceptors (Lipinski definition) is 5. The predicted octanol–water partition coefficient (Wildman–Crippen LogP) is 5.16. The number of carboxylic acids is 1. The molecule has 4 aromatic rings. The van der Waals surface area contributed by atoms with E-state index in [-0.39, 0.29) is 17.9 Å². The number of aromatic amines is 1. The summed E-state index contributed by atoms with van der Waals surface area (Å²) >= 11 is 7.40. The van der Waals surface area contributed by atoms with Gasteiger partial charge in [-0.15, -0.1) is 0 Å². The van der Waals surface area contributed by atoms with Crippen molar-refractivity contribution in [3.63, 3.8) is 0 Å². The molecule has 1 unspecified atom stereocenters. The average Bonchev–Trinajstić information content (AvgIpc) is 3.28. The number of hydrogen-bond donors (Lipinski definition) is 2. The van der Waals surface area contributed by atoms with E-state index in [1.54, 1.807) is 30.5 Å². The van der Waals surface area contributed by atoms with Crippen molar-refractivity contribution in [3.05, 3.63) is 59.0 Å². The molecule has 1 atom stereocenters. The van der Waals surface area contributed by atoms with Crippen molar-refractivity contribution < 1.29 is 14.3 Å². The van der Waals surface area contributed by atoms with Gasteiger partial charge in [0.15, 0.2) is 5.69 Å². The molecule has 0 bridgehead atoms. The maximum atomic E-state index is 13.5. The molecule has 0 aliphatic carbocycles. The molecule has 3 aromatic heterocycles. The van der Waals surface area contributed by atoms with Gasteiger partial charge < -0.3 is 10.1 Å². The van der Waals surface area contributed by atoms with Crippen LogP contribution in [-0.2, 0) is 6.54 Å². The van der Waals surface area contributed by atoms with E-state index in [2.05, 4.69) is 21.1 Å². The molecule has 10 heteroatoms. The first-order valence-electron chi connectivity index (χ1n) is 9.17. The van der Waals surface area contributed by atoms with Crippen LogP contribution in [0, 0.1) is 11.3 Å². The Morgan fingerprint density at radius 1 is 1.42 bits per heavy atom. The lowest BCUT2D eigenvalue weighted by atomic mass is 10.2. The number of alkyl halides is 1. The quantitative estimate of drug-likeness (QED) is 0.416. The largest absolute Gasteiger partial charge is 0.477 e. The number of carbonyl (C=O) groups is 1. The summed E-state index contributed by atoms with van der Waals surface area (Å²) in [5, 5.41) is 24.8. The lowest BCUT2D eigenvalue weighted by Crippen LogP contribution is -2.07. The Morgan fingerprint density at radius 3 is 2.94 bits per heavy atom. The van der Waals surface area contributed by atoms with Crippen molar-refractivity contribution in [2.24, 2.45) is 0 Å². The molecule has 0 saturated heterocycles. The first kappa shape index (κ1) is 20.9. The lowest BCUT2D eigenvalue weighted by molar-refractivity contribution is 0.0689. The standard InChI is InChI=1S/C21H15ClFN5O2S/c1-11(23)9-28-10-14(17(8-24)27-28)19-20(13-6-5-12(22)7-16(13)26-19)31-18-4-2-3-15(25-18)21(29)30/h2-7,10-11,26H,9H2,1H3,(H,29,30). The summed E-state index contributed by atoms with van der Waals surface area (Å²) < 4.78 is 14.9. The Kier molecular flexibility index (Phi) is 5.67. The first-order chi connectivity index (χ1) is 14.9. The third kappa shape index (κ3) is 4.26. The van der Waals surface area contributed by atoms with Crippen LogP contribution >= 0.6 is 23.4 Å². The molecule has 3 heterocycles. The number of aromatic nitrogens is 4. The summed E-state index contributed by atoms with van der Waals surface area (Å²) in [5.41, 5.74) is 1.91. The molecule has 0 spiro atoms. The van der Waals surface area contributed by atoms with Gasteiger partial charge in [0, 0.05) is 27.0 Å². The Morgan fingerprint density at radius 2 is 2.23 bits per heavy atom. The van der Waals surface area contributed by atoms with Gasteiger partial charge in [0.05, 0.1) is 17.8 Å². The number of benzene rings is 1. The number of fused-ring (bicyclic) bond motifs is 1. The fourth-order valence-electron chi connectivity index (χ4n) is 3.17. The van der Waals surface area contributed by atoms with E-state index in [1.165, 1.54) is 29.4 Å². The summed E-state index contributed by atoms with van der Waals surface area (Å²) in [6, 6.07) is 12.1. The smallest absolute Gasteiger partial charge is 0.354 e. The third-order valence-corrected chi connectivity index (χ3v) is 5.74. The molecule has 2 N–H and O–H groups in total. The Labute approximate surface area is 185 Å². The molecule has 0 radical (unpaired) electrons. The predicted molar refractivity (Wildman–Crippen MR) is 115 cm³/mol. The second-order valence-corrected chi connectivity index (χ2v) is 8.26. The normalized spacial score (nSPS) is 12.1. The summed E-state index contributed by atoms with van der Waals surface area (Å²) in [5.74, 6) is -1.12. The summed E-state index contributed by atoms with van der Waals surface area (Å²) in [7, 11) is 0. The highest BCUT2D eigenvalue weighted by atomic mass is 35.5. The summed E-state index contributed by atoms with van der Waals surface area (Å²) in [6.45, 7) is 1.44.